The van der Waals surface area contributed by atoms with Crippen molar-refractivity contribution in [2.75, 3.05) is 18.0 Å². The van der Waals surface area contributed by atoms with E-state index >= 15 is 0 Å². The maximum Gasteiger partial charge on any atom is 0.116 e. The van der Waals surface area contributed by atoms with Crippen molar-refractivity contribution < 1.29 is 0 Å². The summed E-state index contributed by atoms with van der Waals surface area (Å²) in [5, 5.41) is 1.12. The number of aromatic nitrogens is 2. The Bertz CT molecular complexity index is 489. The molecule has 0 atom stereocenters. The molecule has 1 aromatic heterocycles. The Kier molecular flexibility index (Phi) is 2.44. The van der Waals surface area contributed by atoms with Gasteiger partial charge in [0.2, 0.25) is 0 Å². The molecule has 0 spiro atoms. The number of nitrogens with zero attached hydrogens (tertiary/aromatic N) is 3. The van der Waals surface area contributed by atoms with E-state index in [4.69, 9.17) is 0 Å². The molecule has 1 saturated heterocycles. The van der Waals surface area contributed by atoms with Crippen LogP contribution in [0.15, 0.2) is 30.7 Å². The van der Waals surface area contributed by atoms with Crippen LogP contribution in [0.3, 0.4) is 0 Å². The molecule has 3 rings (SSSR count). The Morgan fingerprint density at radius 3 is 2.88 bits per heavy atom. The highest BCUT2D eigenvalue weighted by Gasteiger charge is 2.11. The van der Waals surface area contributed by atoms with Gasteiger partial charge in [0.25, 0.3) is 0 Å². The van der Waals surface area contributed by atoms with Gasteiger partial charge < -0.3 is 4.90 Å². The molecule has 0 aliphatic carbocycles. The summed E-state index contributed by atoms with van der Waals surface area (Å²) < 4.78 is 0. The molecule has 0 bridgehead atoms. The summed E-state index contributed by atoms with van der Waals surface area (Å²) in [7, 11) is 0. The van der Waals surface area contributed by atoms with Crippen molar-refractivity contribution in [3.05, 3.63) is 37.1 Å². The zero-order valence-electron chi connectivity index (χ0n) is 9.13. The highest BCUT2D eigenvalue weighted by Crippen LogP contribution is 2.22. The third-order valence-corrected chi connectivity index (χ3v) is 3.06. The molecule has 3 heteroatoms. The summed E-state index contributed by atoms with van der Waals surface area (Å²) in [6.07, 6.45) is 8.20. The van der Waals surface area contributed by atoms with Crippen molar-refractivity contribution in [1.29, 1.82) is 0 Å². The first kappa shape index (κ1) is 9.58. The summed E-state index contributed by atoms with van der Waals surface area (Å²) in [6.45, 7) is 2.25. The third-order valence-electron chi connectivity index (χ3n) is 3.06. The summed E-state index contributed by atoms with van der Waals surface area (Å²) in [4.78, 5) is 10.7. The van der Waals surface area contributed by atoms with Gasteiger partial charge in [0.15, 0.2) is 0 Å². The standard InChI is InChI=1S/C13H14N3/c1-2-6-16(7-3-1)12-4-5-13-11(8-12)9-14-10-15-13/h1,4-5,8-10H,2-3,6-7H2. The van der Waals surface area contributed by atoms with Gasteiger partial charge in [-0.3, -0.25) is 0 Å². The number of piperidine rings is 1. The Labute approximate surface area is 95.1 Å². The number of rotatable bonds is 1. The van der Waals surface area contributed by atoms with E-state index in [1.807, 2.05) is 6.20 Å². The summed E-state index contributed by atoms with van der Waals surface area (Å²) in [5.41, 5.74) is 2.30. The third kappa shape index (κ3) is 1.73. The molecule has 2 heterocycles. The van der Waals surface area contributed by atoms with Crippen LogP contribution in [0.4, 0.5) is 5.69 Å². The van der Waals surface area contributed by atoms with E-state index in [1.165, 1.54) is 18.5 Å². The topological polar surface area (TPSA) is 29.0 Å². The second-order valence-electron chi connectivity index (χ2n) is 4.12. The van der Waals surface area contributed by atoms with Crippen LogP contribution in [-0.2, 0) is 0 Å². The van der Waals surface area contributed by atoms with Gasteiger partial charge in [-0.15, -0.1) is 0 Å². The number of fused-ring (bicyclic) bond motifs is 1. The predicted octanol–water partition coefficient (Wildman–Crippen LogP) is 2.43. The van der Waals surface area contributed by atoms with Crippen molar-refractivity contribution in [2.24, 2.45) is 0 Å². The second kappa shape index (κ2) is 4.08. The molecular formula is C13H14N3. The van der Waals surface area contributed by atoms with Crippen LogP contribution >= 0.6 is 0 Å². The molecule has 0 N–H and O–H groups in total. The first-order valence-electron chi connectivity index (χ1n) is 5.70. The SMILES string of the molecule is [CH]1CCN(c2ccc3ncncc3c2)CC1. The average Bonchev–Trinajstić information content (AvgIpc) is 2.39. The van der Waals surface area contributed by atoms with Crippen LogP contribution in [0.25, 0.3) is 10.9 Å². The second-order valence-corrected chi connectivity index (χ2v) is 4.12. The quantitative estimate of drug-likeness (QED) is 0.727. The Morgan fingerprint density at radius 2 is 2.00 bits per heavy atom. The summed E-state index contributed by atoms with van der Waals surface area (Å²) in [6, 6.07) is 6.41. The molecule has 1 fully saturated rings. The normalized spacial score (nSPS) is 16.6. The Morgan fingerprint density at radius 1 is 1.12 bits per heavy atom. The molecule has 0 saturated carbocycles. The maximum absolute atomic E-state index is 4.23. The summed E-state index contributed by atoms with van der Waals surface area (Å²) >= 11 is 0. The lowest BCUT2D eigenvalue weighted by Gasteiger charge is -2.28. The van der Waals surface area contributed by atoms with Crippen LogP contribution in [0, 0.1) is 6.42 Å². The van der Waals surface area contributed by atoms with Gasteiger partial charge in [-0.1, -0.05) is 0 Å². The lowest BCUT2D eigenvalue weighted by atomic mass is 10.1. The molecule has 1 aliphatic heterocycles. The van der Waals surface area contributed by atoms with Crippen LogP contribution in [0.1, 0.15) is 12.8 Å². The molecule has 1 aliphatic rings. The highest BCUT2D eigenvalue weighted by atomic mass is 15.1. The van der Waals surface area contributed by atoms with Gasteiger partial charge in [0, 0.05) is 30.4 Å². The van der Waals surface area contributed by atoms with Crippen molar-refractivity contribution in [3.63, 3.8) is 0 Å². The van der Waals surface area contributed by atoms with E-state index in [0.717, 1.165) is 24.0 Å². The van der Waals surface area contributed by atoms with E-state index in [1.54, 1.807) is 6.33 Å². The van der Waals surface area contributed by atoms with Crippen molar-refractivity contribution >= 4 is 16.6 Å². The number of anilines is 1. The van der Waals surface area contributed by atoms with Crippen LogP contribution in [0.5, 0.6) is 0 Å². The molecule has 0 unspecified atom stereocenters. The van der Waals surface area contributed by atoms with Crippen LogP contribution in [-0.4, -0.2) is 23.1 Å². The number of hydrogen-bond acceptors (Lipinski definition) is 3. The van der Waals surface area contributed by atoms with Crippen molar-refractivity contribution in [3.8, 4) is 0 Å². The van der Waals surface area contributed by atoms with Gasteiger partial charge in [0.1, 0.15) is 6.33 Å². The molecular weight excluding hydrogens is 198 g/mol. The Hall–Kier alpha value is -1.64. The van der Waals surface area contributed by atoms with Gasteiger partial charge in [0.05, 0.1) is 5.52 Å². The van der Waals surface area contributed by atoms with Crippen molar-refractivity contribution in [1.82, 2.24) is 9.97 Å². The monoisotopic (exact) mass is 212 g/mol. The first-order valence-corrected chi connectivity index (χ1v) is 5.70. The van der Waals surface area contributed by atoms with Crippen LogP contribution in [0.2, 0.25) is 0 Å². The first-order chi connectivity index (χ1) is 7.93. The summed E-state index contributed by atoms with van der Waals surface area (Å²) in [5.74, 6) is 0. The zero-order chi connectivity index (χ0) is 10.8. The molecule has 81 valence electrons. The average molecular weight is 212 g/mol. The minimum Gasteiger partial charge on any atom is -0.371 e. The van der Waals surface area contributed by atoms with Gasteiger partial charge in [-0.25, -0.2) is 9.97 Å². The van der Waals surface area contributed by atoms with E-state index < -0.39 is 0 Å². The Balaban J connectivity index is 1.97. The van der Waals surface area contributed by atoms with E-state index in [0.29, 0.717) is 0 Å². The van der Waals surface area contributed by atoms with Gasteiger partial charge in [-0.05, 0) is 37.5 Å². The van der Waals surface area contributed by atoms with Crippen LogP contribution < -0.4 is 4.90 Å². The minimum absolute atomic E-state index is 1.02. The molecule has 16 heavy (non-hydrogen) atoms. The van der Waals surface area contributed by atoms with Gasteiger partial charge in [-0.2, -0.15) is 0 Å². The lowest BCUT2D eigenvalue weighted by Crippen LogP contribution is -2.29. The lowest BCUT2D eigenvalue weighted by molar-refractivity contribution is 0.679. The molecule has 1 radical (unpaired) electrons. The zero-order valence-corrected chi connectivity index (χ0v) is 9.13. The number of benzene rings is 1. The fraction of sp³-hybridized carbons (Fsp3) is 0.308. The maximum atomic E-state index is 4.23. The predicted molar refractivity (Wildman–Crippen MR) is 65.3 cm³/mol. The molecule has 1 aromatic carbocycles. The van der Waals surface area contributed by atoms with Crippen molar-refractivity contribution in [2.45, 2.75) is 12.8 Å². The fourth-order valence-corrected chi connectivity index (χ4v) is 2.18. The molecule has 3 nitrogen and oxygen atoms in total. The largest absolute Gasteiger partial charge is 0.371 e. The van der Waals surface area contributed by atoms with E-state index in [2.05, 4.69) is 39.5 Å². The number of hydrogen-bond donors (Lipinski definition) is 0. The van der Waals surface area contributed by atoms with Gasteiger partial charge >= 0.3 is 0 Å². The smallest absolute Gasteiger partial charge is 0.116 e. The molecule has 0 amide bonds. The molecule has 2 aromatic rings. The van der Waals surface area contributed by atoms with E-state index in [9.17, 15) is 0 Å². The fourth-order valence-electron chi connectivity index (χ4n) is 2.18. The minimum atomic E-state index is 1.02. The van der Waals surface area contributed by atoms with E-state index in [-0.39, 0.29) is 0 Å². The highest BCUT2D eigenvalue weighted by molar-refractivity contribution is 5.81.